The van der Waals surface area contributed by atoms with E-state index in [1.165, 1.54) is 18.2 Å². The molecule has 0 saturated carbocycles. The van der Waals surface area contributed by atoms with Crippen LogP contribution in [-0.2, 0) is 21.1 Å². The molecule has 2 saturated heterocycles. The molecule has 0 aromatic carbocycles. The summed E-state index contributed by atoms with van der Waals surface area (Å²) in [6, 6.07) is 0. The number of amides is 1. The van der Waals surface area contributed by atoms with Crippen molar-refractivity contribution in [3.63, 3.8) is 0 Å². The summed E-state index contributed by atoms with van der Waals surface area (Å²) in [6.07, 6.45) is 3.39. The van der Waals surface area contributed by atoms with Gasteiger partial charge >= 0.3 is 0 Å². The van der Waals surface area contributed by atoms with E-state index in [1.807, 2.05) is 4.90 Å². The SMILES string of the molecule is C[C@@H]1CCCN(C(=O)CSc2nnc(C[C@@H]3CCS(=O)(=O)C3)o2)C1. The second-order valence-electron chi connectivity index (χ2n) is 6.81. The Morgan fingerprint density at radius 1 is 1.38 bits per heavy atom. The second kappa shape index (κ2) is 7.43. The first kappa shape index (κ1) is 17.7. The van der Waals surface area contributed by atoms with Crippen molar-refractivity contribution >= 4 is 27.5 Å². The lowest BCUT2D eigenvalue weighted by molar-refractivity contribution is -0.130. The minimum atomic E-state index is -2.89. The Bertz CT molecular complexity index is 689. The molecule has 2 aliphatic rings. The molecule has 1 aromatic heterocycles. The minimum absolute atomic E-state index is 0.0600. The third kappa shape index (κ3) is 4.72. The lowest BCUT2D eigenvalue weighted by Gasteiger charge is -2.30. The standard InChI is InChI=1S/C15H23N3O4S2/c1-11-3-2-5-18(8-11)14(19)9-23-15-17-16-13(22-15)7-12-4-6-24(20,21)10-12/h11-12H,2-10H2,1H3/t11-,12+/m1/s1. The number of hydrogen-bond acceptors (Lipinski definition) is 7. The van der Waals surface area contributed by atoms with E-state index < -0.39 is 9.84 Å². The molecule has 2 fully saturated rings. The van der Waals surface area contributed by atoms with Gasteiger partial charge in [-0.2, -0.15) is 0 Å². The maximum atomic E-state index is 12.2. The van der Waals surface area contributed by atoms with Gasteiger partial charge in [-0.1, -0.05) is 18.7 Å². The Hall–Kier alpha value is -1.09. The Balaban J connectivity index is 1.47. The molecule has 3 rings (SSSR count). The van der Waals surface area contributed by atoms with Gasteiger partial charge in [0.2, 0.25) is 11.8 Å². The topological polar surface area (TPSA) is 93.4 Å². The van der Waals surface area contributed by atoms with Gasteiger partial charge in [0, 0.05) is 19.5 Å². The van der Waals surface area contributed by atoms with Crippen LogP contribution in [0.2, 0.25) is 0 Å². The van der Waals surface area contributed by atoms with Crippen LogP contribution in [0.5, 0.6) is 0 Å². The molecule has 3 heterocycles. The van der Waals surface area contributed by atoms with E-state index in [0.717, 1.165) is 19.5 Å². The molecule has 1 aromatic rings. The average Bonchev–Trinajstić information content (AvgIpc) is 3.11. The first-order chi connectivity index (χ1) is 11.4. The number of thioether (sulfide) groups is 1. The molecular formula is C15H23N3O4S2. The summed E-state index contributed by atoms with van der Waals surface area (Å²) in [7, 11) is -2.89. The smallest absolute Gasteiger partial charge is 0.277 e. The van der Waals surface area contributed by atoms with Crippen LogP contribution in [-0.4, -0.2) is 59.8 Å². The highest BCUT2D eigenvalue weighted by atomic mass is 32.2. The highest BCUT2D eigenvalue weighted by Crippen LogP contribution is 2.24. The van der Waals surface area contributed by atoms with Crippen molar-refractivity contribution in [2.45, 2.75) is 37.8 Å². The van der Waals surface area contributed by atoms with Gasteiger partial charge in [-0.25, -0.2) is 8.42 Å². The predicted octanol–water partition coefficient (Wildman–Crippen LogP) is 1.40. The zero-order valence-electron chi connectivity index (χ0n) is 13.8. The first-order valence-electron chi connectivity index (χ1n) is 8.34. The number of carbonyl (C=O) groups excluding carboxylic acids is 1. The van der Waals surface area contributed by atoms with Crippen molar-refractivity contribution in [3.8, 4) is 0 Å². The van der Waals surface area contributed by atoms with E-state index in [0.29, 0.717) is 35.6 Å². The number of aromatic nitrogens is 2. The summed E-state index contributed by atoms with van der Waals surface area (Å²) < 4.78 is 28.5. The monoisotopic (exact) mass is 373 g/mol. The fourth-order valence-corrected chi connectivity index (χ4v) is 5.83. The number of nitrogens with zero attached hydrogens (tertiary/aromatic N) is 3. The maximum Gasteiger partial charge on any atom is 0.277 e. The van der Waals surface area contributed by atoms with Gasteiger partial charge in [0.05, 0.1) is 17.3 Å². The van der Waals surface area contributed by atoms with E-state index in [9.17, 15) is 13.2 Å². The Kier molecular flexibility index (Phi) is 5.49. The van der Waals surface area contributed by atoms with Gasteiger partial charge in [0.1, 0.15) is 0 Å². The van der Waals surface area contributed by atoms with Crippen LogP contribution in [0.25, 0.3) is 0 Å². The highest BCUT2D eigenvalue weighted by Gasteiger charge is 2.29. The van der Waals surface area contributed by atoms with Crippen LogP contribution < -0.4 is 0 Å². The molecule has 7 nitrogen and oxygen atoms in total. The quantitative estimate of drug-likeness (QED) is 0.720. The van der Waals surface area contributed by atoms with Crippen molar-refractivity contribution in [3.05, 3.63) is 5.89 Å². The summed E-state index contributed by atoms with van der Waals surface area (Å²) in [6.45, 7) is 3.82. The number of carbonyl (C=O) groups is 1. The van der Waals surface area contributed by atoms with Crippen LogP contribution in [0.15, 0.2) is 9.64 Å². The molecule has 0 aliphatic carbocycles. The first-order valence-corrected chi connectivity index (χ1v) is 11.2. The van der Waals surface area contributed by atoms with Crippen LogP contribution >= 0.6 is 11.8 Å². The van der Waals surface area contributed by atoms with Crippen LogP contribution in [0, 0.1) is 11.8 Å². The van der Waals surface area contributed by atoms with E-state index in [-0.39, 0.29) is 23.3 Å². The highest BCUT2D eigenvalue weighted by molar-refractivity contribution is 7.99. The number of rotatable bonds is 5. The summed E-state index contributed by atoms with van der Waals surface area (Å²) in [5.41, 5.74) is 0. The van der Waals surface area contributed by atoms with E-state index >= 15 is 0 Å². The summed E-state index contributed by atoms with van der Waals surface area (Å²) in [5.74, 6) is 1.92. The van der Waals surface area contributed by atoms with Gasteiger partial charge in [0.15, 0.2) is 9.84 Å². The number of hydrogen-bond donors (Lipinski definition) is 0. The summed E-state index contributed by atoms with van der Waals surface area (Å²) in [5, 5.41) is 8.30. The molecule has 134 valence electrons. The van der Waals surface area contributed by atoms with Crippen molar-refractivity contribution in [1.82, 2.24) is 15.1 Å². The molecular weight excluding hydrogens is 350 g/mol. The predicted molar refractivity (Wildman–Crippen MR) is 90.5 cm³/mol. The fraction of sp³-hybridized carbons (Fsp3) is 0.800. The lowest BCUT2D eigenvalue weighted by atomic mass is 10.0. The Morgan fingerprint density at radius 3 is 2.92 bits per heavy atom. The van der Waals surface area contributed by atoms with Crippen molar-refractivity contribution in [1.29, 1.82) is 0 Å². The fourth-order valence-electron chi connectivity index (χ4n) is 3.29. The summed E-state index contributed by atoms with van der Waals surface area (Å²) in [4.78, 5) is 14.1. The molecule has 0 bridgehead atoms. The van der Waals surface area contributed by atoms with Crippen molar-refractivity contribution in [2.24, 2.45) is 11.8 Å². The van der Waals surface area contributed by atoms with Gasteiger partial charge in [-0.3, -0.25) is 4.79 Å². The largest absolute Gasteiger partial charge is 0.416 e. The van der Waals surface area contributed by atoms with E-state index in [2.05, 4.69) is 17.1 Å². The van der Waals surface area contributed by atoms with Crippen LogP contribution in [0.1, 0.15) is 32.1 Å². The van der Waals surface area contributed by atoms with E-state index in [4.69, 9.17) is 4.42 Å². The molecule has 0 unspecified atom stereocenters. The van der Waals surface area contributed by atoms with Gasteiger partial charge in [0.25, 0.3) is 5.22 Å². The zero-order valence-corrected chi connectivity index (χ0v) is 15.4. The van der Waals surface area contributed by atoms with Crippen LogP contribution in [0.4, 0.5) is 0 Å². The van der Waals surface area contributed by atoms with Crippen molar-refractivity contribution in [2.75, 3.05) is 30.3 Å². The normalized spacial score (nSPS) is 26.6. The number of likely N-dealkylation sites (tertiary alicyclic amines) is 1. The lowest BCUT2D eigenvalue weighted by Crippen LogP contribution is -2.40. The molecule has 0 radical (unpaired) electrons. The molecule has 9 heteroatoms. The van der Waals surface area contributed by atoms with E-state index in [1.54, 1.807) is 0 Å². The molecule has 2 atom stereocenters. The Morgan fingerprint density at radius 2 is 2.21 bits per heavy atom. The number of sulfone groups is 1. The van der Waals surface area contributed by atoms with Crippen LogP contribution in [0.3, 0.4) is 0 Å². The molecule has 0 N–H and O–H groups in total. The third-order valence-electron chi connectivity index (χ3n) is 4.57. The molecule has 2 aliphatic heterocycles. The van der Waals surface area contributed by atoms with Gasteiger partial charge in [-0.15, -0.1) is 10.2 Å². The van der Waals surface area contributed by atoms with Gasteiger partial charge < -0.3 is 9.32 Å². The molecule has 1 amide bonds. The Labute approximate surface area is 146 Å². The molecule has 24 heavy (non-hydrogen) atoms. The minimum Gasteiger partial charge on any atom is -0.416 e. The molecule has 0 spiro atoms. The average molecular weight is 374 g/mol. The second-order valence-corrected chi connectivity index (χ2v) is 9.97. The maximum absolute atomic E-state index is 12.2. The van der Waals surface area contributed by atoms with Gasteiger partial charge in [-0.05, 0) is 31.1 Å². The summed E-state index contributed by atoms with van der Waals surface area (Å²) >= 11 is 1.25. The number of piperidine rings is 1. The third-order valence-corrected chi connectivity index (χ3v) is 7.21. The zero-order chi connectivity index (χ0) is 17.2. The van der Waals surface area contributed by atoms with Crippen molar-refractivity contribution < 1.29 is 17.6 Å².